The minimum Gasteiger partial charge on any atom is -0.300 e. The molecule has 10 heteroatoms. The van der Waals surface area contributed by atoms with E-state index in [1.807, 2.05) is 185 Å². The summed E-state index contributed by atoms with van der Waals surface area (Å²) in [6, 6.07) is 49.2. The first-order valence-electron chi connectivity index (χ1n) is 35.0. The van der Waals surface area contributed by atoms with Gasteiger partial charge in [0, 0.05) is 47.0 Å². The van der Waals surface area contributed by atoms with E-state index in [0.717, 1.165) is 28.9 Å². The summed E-state index contributed by atoms with van der Waals surface area (Å²) < 4.78 is 43.7. The lowest BCUT2D eigenvalue weighted by atomic mass is 10.0. The predicted molar refractivity (Wildman–Crippen MR) is 421 cm³/mol. The second-order valence-electron chi connectivity index (χ2n) is 23.7. The molecule has 0 amide bonds. The predicted octanol–water partition coefficient (Wildman–Crippen LogP) is 24.2. The number of hydrogen-bond donors (Lipinski definition) is 0. The van der Waals surface area contributed by atoms with E-state index in [0.29, 0.717) is 10.8 Å². The summed E-state index contributed by atoms with van der Waals surface area (Å²) >= 11 is 0. The highest BCUT2D eigenvalue weighted by Gasteiger charge is 2.18. The highest BCUT2D eigenvalue weighted by Crippen LogP contribution is 2.14. The number of benzene rings is 5. The lowest BCUT2D eigenvalue weighted by molar-refractivity contribution is -0.120. The van der Waals surface area contributed by atoms with E-state index >= 15 is 0 Å². The van der Waals surface area contributed by atoms with E-state index in [1.165, 1.54) is 36.6 Å². The molecule has 0 N–H and O–H groups in total. The average molecular weight is 1350 g/mol. The first kappa shape index (κ1) is 110. The molecule has 0 saturated heterocycles. The zero-order valence-corrected chi connectivity index (χ0v) is 68.5. The van der Waals surface area contributed by atoms with Crippen LogP contribution >= 0.6 is 0 Å². The Morgan fingerprint density at radius 3 is 0.787 bits per heavy atom. The van der Waals surface area contributed by atoms with Gasteiger partial charge in [-0.3, -0.25) is 19.2 Å². The third kappa shape index (κ3) is 82.3. The van der Waals surface area contributed by atoms with Gasteiger partial charge < -0.3 is 0 Å². The molecule has 0 spiro atoms. The largest absolute Gasteiger partial charge is 0.300 e. The molecule has 0 aliphatic carbocycles. The van der Waals surface area contributed by atoms with Crippen molar-refractivity contribution in [2.24, 2.45) is 47.3 Å². The quantitative estimate of drug-likeness (QED) is 0.0840. The molecular formula is C84H146O8S2. The van der Waals surface area contributed by atoms with Gasteiger partial charge in [-0.05, 0) is 114 Å². The molecule has 0 unspecified atom stereocenters. The summed E-state index contributed by atoms with van der Waals surface area (Å²) in [5.74, 6) is 10.8. The second-order valence-corrected chi connectivity index (χ2v) is 28.8. The van der Waals surface area contributed by atoms with Gasteiger partial charge in [-0.1, -0.05) is 333 Å². The molecule has 0 atom stereocenters. The second kappa shape index (κ2) is 74.6. The van der Waals surface area contributed by atoms with Crippen molar-refractivity contribution in [3.63, 3.8) is 0 Å². The summed E-state index contributed by atoms with van der Waals surface area (Å²) in [6.45, 7) is 66.5. The van der Waals surface area contributed by atoms with E-state index in [4.69, 9.17) is 0 Å². The number of carbonyl (C=O) groups is 4. The van der Waals surface area contributed by atoms with Crippen molar-refractivity contribution in [3.05, 3.63) is 174 Å². The van der Waals surface area contributed by atoms with Crippen LogP contribution in [-0.2, 0) is 46.9 Å². The summed E-state index contributed by atoms with van der Waals surface area (Å²) in [6.07, 6.45) is 4.93. The maximum absolute atomic E-state index is 11.5. The number of sulfone groups is 2. The van der Waals surface area contributed by atoms with Crippen LogP contribution in [0, 0.1) is 59.2 Å². The van der Waals surface area contributed by atoms with Crippen molar-refractivity contribution >= 4 is 42.8 Å². The minimum atomic E-state index is -3.08. The zero-order valence-electron chi connectivity index (χ0n) is 66.9. The van der Waals surface area contributed by atoms with Gasteiger partial charge in [-0.15, -0.1) is 0 Å². The number of Topliss-reactive ketones (excluding diaryl/α,β-unsaturated/α-hetero) is 4. The van der Waals surface area contributed by atoms with Crippen LogP contribution in [0.1, 0.15) is 269 Å². The molecule has 0 heterocycles. The molecule has 0 aliphatic rings. The van der Waals surface area contributed by atoms with Crippen molar-refractivity contribution in [1.29, 1.82) is 0 Å². The first-order valence-corrected chi connectivity index (χ1v) is 38.5. The van der Waals surface area contributed by atoms with Crippen molar-refractivity contribution in [2.75, 3.05) is 6.26 Å². The fourth-order valence-corrected chi connectivity index (χ4v) is 5.82. The Hall–Kier alpha value is -5.76. The van der Waals surface area contributed by atoms with Gasteiger partial charge in [0.15, 0.2) is 15.6 Å². The summed E-state index contributed by atoms with van der Waals surface area (Å²) in [5, 5.41) is -0.576. The Bertz CT molecular complexity index is 2590. The van der Waals surface area contributed by atoms with Crippen molar-refractivity contribution in [2.45, 2.75) is 270 Å². The normalized spacial score (nSPS) is 9.50. The van der Waals surface area contributed by atoms with Gasteiger partial charge in [-0.25, -0.2) is 16.8 Å². The lowest BCUT2D eigenvalue weighted by Gasteiger charge is -2.06. The molecule has 8 nitrogen and oxygen atoms in total. The third-order valence-corrected chi connectivity index (χ3v) is 15.5. The van der Waals surface area contributed by atoms with Crippen molar-refractivity contribution < 1.29 is 36.0 Å². The maximum atomic E-state index is 11.5. The molecule has 0 bridgehead atoms. The molecule has 0 aromatic heterocycles. The van der Waals surface area contributed by atoms with Crippen LogP contribution in [0.3, 0.4) is 0 Å². The summed E-state index contributed by atoms with van der Waals surface area (Å²) in [4.78, 5) is 42.2. The Morgan fingerprint density at radius 2 is 0.596 bits per heavy atom. The van der Waals surface area contributed by atoms with E-state index in [-0.39, 0.29) is 57.3 Å². The molecule has 542 valence electrons. The molecule has 0 saturated carbocycles. The van der Waals surface area contributed by atoms with Gasteiger partial charge in [0.2, 0.25) is 0 Å². The van der Waals surface area contributed by atoms with Gasteiger partial charge in [0.1, 0.15) is 27.2 Å². The van der Waals surface area contributed by atoms with Crippen LogP contribution in [-0.4, -0.2) is 56.7 Å². The van der Waals surface area contributed by atoms with E-state index < -0.39 is 19.7 Å². The summed E-state index contributed by atoms with van der Waals surface area (Å²) in [5.41, 5.74) is 4.79. The van der Waals surface area contributed by atoms with Gasteiger partial charge in [-0.2, -0.15) is 0 Å². The van der Waals surface area contributed by atoms with Gasteiger partial charge >= 0.3 is 0 Å². The van der Waals surface area contributed by atoms with E-state index in [9.17, 15) is 36.0 Å². The van der Waals surface area contributed by atoms with E-state index in [1.54, 1.807) is 78.8 Å². The highest BCUT2D eigenvalue weighted by atomic mass is 32.2. The van der Waals surface area contributed by atoms with Gasteiger partial charge in [0.25, 0.3) is 0 Å². The molecule has 5 aromatic carbocycles. The maximum Gasteiger partial charge on any atom is 0.180 e. The van der Waals surface area contributed by atoms with Crippen LogP contribution < -0.4 is 0 Å². The highest BCUT2D eigenvalue weighted by molar-refractivity contribution is 7.92. The van der Waals surface area contributed by atoms with Gasteiger partial charge in [0.05, 0.1) is 15.4 Å². The molecule has 94 heavy (non-hydrogen) atoms. The Morgan fingerprint density at radius 1 is 0.362 bits per heavy atom. The zero-order chi connectivity index (χ0) is 76.2. The fourth-order valence-electron chi connectivity index (χ4n) is 4.74. The van der Waals surface area contributed by atoms with Crippen LogP contribution in [0.25, 0.3) is 0 Å². The van der Waals surface area contributed by atoms with Crippen molar-refractivity contribution in [1.82, 2.24) is 0 Å². The Balaban J connectivity index is -0.000000104. The summed E-state index contributed by atoms with van der Waals surface area (Å²) in [7, 11) is -5.82. The molecule has 0 aliphatic heterocycles. The number of ketones is 4. The van der Waals surface area contributed by atoms with Crippen molar-refractivity contribution in [3.8, 4) is 11.8 Å². The monoisotopic (exact) mass is 1350 g/mol. The molecular weight excluding hydrogens is 1200 g/mol. The topological polar surface area (TPSA) is 137 Å². The Labute approximate surface area is 584 Å². The lowest BCUT2D eigenvalue weighted by Crippen LogP contribution is -2.13. The standard InChI is InChI=1S/C11H12.C10H12O.2C10H14.C9H12O2S.3C5H10O.C5H12.C4H10O2S.5C2H6/c1-10(2)8-9-11-6-4-3-5-7-11;1-8(2)10(11)9-6-4-3-5-7-9;2*1-9(2)8-10-6-4-3-5-7-10;1-8(2)12(10,11)9-6-4-3-5-7-9;3*1-4(2)5(3)6;1-4-5(2)3;1-4(2)7(3,5)6;5*1-2/h3-7,10H,1-2H3;3-8H,1-2H3;2*3-7,9H,8H2,1-2H3;3-8H,1-2H3;3*4H,1-3H3;5H,4H2,1-3H3;4H,1-3H3;5*1-2H3. The number of carbonyl (C=O) groups excluding carboxylic acids is 4. The average Bonchev–Trinajstić information content (AvgIpc) is 0.944. The SMILES string of the molecule is CC.CC.CC.CC.CC.CC(=O)C(C)C.CC(=O)C(C)C.CC(=O)C(C)C.CC(C)C#Cc1ccccc1.CC(C)C(=O)c1ccccc1.CC(C)Cc1ccccc1.CC(C)Cc1ccccc1.CC(C)S(=O)(=O)c1ccccc1.CC(C)S(C)(=O)=O.CCC(C)C. The van der Waals surface area contributed by atoms with E-state index in [2.05, 4.69) is 135 Å². The third-order valence-electron chi connectivity index (χ3n) is 11.6. The Kier molecular flexibility index (Phi) is 87.1. The first-order chi connectivity index (χ1) is 43.8. The fraction of sp³-hybridized carbons (Fsp3) is 0.571. The molecule has 5 rings (SSSR count). The minimum absolute atomic E-state index is 0.0948. The van der Waals surface area contributed by atoms with Crippen LogP contribution in [0.15, 0.2) is 157 Å². The number of rotatable bonds is 13. The molecule has 0 fully saturated rings. The number of hydrogen-bond acceptors (Lipinski definition) is 8. The van der Waals surface area contributed by atoms with Crippen LogP contribution in [0.2, 0.25) is 0 Å². The smallest absolute Gasteiger partial charge is 0.180 e. The van der Waals surface area contributed by atoms with Crippen LogP contribution in [0.5, 0.6) is 0 Å². The molecule has 5 aromatic rings. The molecule has 0 radical (unpaired) electrons. The van der Waals surface area contributed by atoms with Crippen LogP contribution in [0.4, 0.5) is 0 Å².